The van der Waals surface area contributed by atoms with Crippen molar-refractivity contribution in [3.8, 4) is 0 Å². The van der Waals surface area contributed by atoms with Crippen molar-refractivity contribution in [2.75, 3.05) is 5.32 Å². The molecule has 0 spiro atoms. The Morgan fingerprint density at radius 3 is 2.53 bits per heavy atom. The van der Waals surface area contributed by atoms with E-state index in [0.717, 1.165) is 18.7 Å². The molecular weight excluding hydrogens is 214 g/mol. The van der Waals surface area contributed by atoms with Gasteiger partial charge in [-0.2, -0.15) is 5.10 Å². The summed E-state index contributed by atoms with van der Waals surface area (Å²) in [5.74, 6) is 0.977. The van der Waals surface area contributed by atoms with Crippen molar-refractivity contribution >= 4 is 5.82 Å². The quantitative estimate of drug-likeness (QED) is 0.878. The van der Waals surface area contributed by atoms with Gasteiger partial charge in [-0.15, -0.1) is 0 Å². The largest absolute Gasteiger partial charge is 0.375 e. The van der Waals surface area contributed by atoms with Gasteiger partial charge in [-0.1, -0.05) is 0 Å². The van der Waals surface area contributed by atoms with E-state index in [4.69, 9.17) is 4.74 Å². The van der Waals surface area contributed by atoms with Crippen LogP contribution < -0.4 is 5.32 Å². The van der Waals surface area contributed by atoms with Crippen molar-refractivity contribution < 1.29 is 4.74 Å². The monoisotopic (exact) mass is 237 g/mol. The molecule has 0 radical (unpaired) electrons. The first-order valence-corrected chi connectivity index (χ1v) is 6.51. The summed E-state index contributed by atoms with van der Waals surface area (Å²) in [6, 6.07) is 2.94. The maximum Gasteiger partial charge on any atom is 0.148 e. The first-order valence-electron chi connectivity index (χ1n) is 6.51. The van der Waals surface area contributed by atoms with Crippen LogP contribution in [0.15, 0.2) is 12.3 Å². The van der Waals surface area contributed by atoms with Crippen LogP contribution >= 0.6 is 0 Å². The van der Waals surface area contributed by atoms with Gasteiger partial charge in [0.2, 0.25) is 0 Å². The Kier molecular flexibility index (Phi) is 3.72. The summed E-state index contributed by atoms with van der Waals surface area (Å²) >= 11 is 0. The third-order valence-electron chi connectivity index (χ3n) is 3.19. The van der Waals surface area contributed by atoms with Crippen molar-refractivity contribution in [1.29, 1.82) is 0 Å². The molecule has 0 aromatic carbocycles. The predicted molar refractivity (Wildman–Crippen MR) is 69.3 cm³/mol. The summed E-state index contributed by atoms with van der Waals surface area (Å²) in [6.45, 7) is 8.54. The first-order chi connectivity index (χ1) is 8.04. The Hall–Kier alpha value is -1.03. The van der Waals surface area contributed by atoms with E-state index in [0.29, 0.717) is 24.3 Å². The summed E-state index contributed by atoms with van der Waals surface area (Å²) in [5, 5.41) is 8.02. The fourth-order valence-electron chi connectivity index (χ4n) is 2.43. The molecule has 1 aliphatic rings. The summed E-state index contributed by atoms with van der Waals surface area (Å²) < 4.78 is 7.71. The fourth-order valence-corrected chi connectivity index (χ4v) is 2.43. The van der Waals surface area contributed by atoms with Crippen LogP contribution in [0.25, 0.3) is 0 Å². The summed E-state index contributed by atoms with van der Waals surface area (Å²) in [4.78, 5) is 0. The molecule has 17 heavy (non-hydrogen) atoms. The van der Waals surface area contributed by atoms with Crippen LogP contribution in [-0.2, 0) is 4.74 Å². The van der Waals surface area contributed by atoms with Crippen LogP contribution in [0, 0.1) is 0 Å². The molecule has 2 unspecified atom stereocenters. The molecule has 4 heteroatoms. The van der Waals surface area contributed by atoms with Gasteiger partial charge in [0, 0.05) is 24.3 Å². The van der Waals surface area contributed by atoms with Gasteiger partial charge in [-0.25, -0.2) is 0 Å². The molecule has 1 aromatic heterocycles. The molecule has 1 saturated heterocycles. The second-order valence-electron chi connectivity index (χ2n) is 5.34. The first kappa shape index (κ1) is 12.4. The third-order valence-corrected chi connectivity index (χ3v) is 3.19. The van der Waals surface area contributed by atoms with Gasteiger partial charge < -0.3 is 10.1 Å². The number of anilines is 1. The minimum Gasteiger partial charge on any atom is -0.375 e. The topological polar surface area (TPSA) is 39.1 Å². The zero-order valence-electron chi connectivity index (χ0n) is 11.2. The molecule has 2 heterocycles. The van der Waals surface area contributed by atoms with Crippen LogP contribution in [-0.4, -0.2) is 28.0 Å². The van der Waals surface area contributed by atoms with Crippen LogP contribution in [0.3, 0.4) is 0 Å². The van der Waals surface area contributed by atoms with E-state index in [1.165, 1.54) is 0 Å². The smallest absolute Gasteiger partial charge is 0.148 e. The van der Waals surface area contributed by atoms with E-state index < -0.39 is 0 Å². The van der Waals surface area contributed by atoms with Crippen molar-refractivity contribution in [2.24, 2.45) is 0 Å². The van der Waals surface area contributed by atoms with E-state index >= 15 is 0 Å². The molecule has 96 valence electrons. The lowest BCUT2D eigenvalue weighted by Crippen LogP contribution is -2.37. The van der Waals surface area contributed by atoms with Gasteiger partial charge in [-0.05, 0) is 40.5 Å². The van der Waals surface area contributed by atoms with E-state index in [-0.39, 0.29) is 0 Å². The second kappa shape index (κ2) is 5.08. The van der Waals surface area contributed by atoms with Crippen molar-refractivity contribution in [2.45, 2.75) is 64.8 Å². The molecule has 0 bridgehead atoms. The maximum atomic E-state index is 5.73. The zero-order valence-corrected chi connectivity index (χ0v) is 11.2. The Morgan fingerprint density at radius 1 is 1.35 bits per heavy atom. The Bertz CT molecular complexity index is 351. The minimum absolute atomic E-state index is 0.337. The van der Waals surface area contributed by atoms with Gasteiger partial charge in [0.05, 0.1) is 12.2 Å². The van der Waals surface area contributed by atoms with Crippen LogP contribution in [0.1, 0.15) is 46.6 Å². The van der Waals surface area contributed by atoms with E-state index in [9.17, 15) is 0 Å². The number of ether oxygens (including phenoxy) is 1. The highest BCUT2D eigenvalue weighted by atomic mass is 16.5. The molecule has 1 fully saturated rings. The number of aromatic nitrogens is 2. The summed E-state index contributed by atoms with van der Waals surface area (Å²) in [7, 11) is 0. The zero-order chi connectivity index (χ0) is 12.4. The predicted octanol–water partition coefficient (Wildman–Crippen LogP) is 2.83. The molecule has 0 aliphatic carbocycles. The van der Waals surface area contributed by atoms with Crippen LogP contribution in [0.5, 0.6) is 0 Å². The van der Waals surface area contributed by atoms with E-state index in [1.807, 2.05) is 16.9 Å². The maximum absolute atomic E-state index is 5.73. The highest BCUT2D eigenvalue weighted by Crippen LogP contribution is 2.22. The van der Waals surface area contributed by atoms with E-state index in [1.54, 1.807) is 0 Å². The molecule has 1 aromatic rings. The molecule has 1 N–H and O–H groups in total. The van der Waals surface area contributed by atoms with Crippen LogP contribution in [0.2, 0.25) is 0 Å². The molecule has 2 rings (SSSR count). The molecule has 0 amide bonds. The highest BCUT2D eigenvalue weighted by molar-refractivity contribution is 5.33. The molecule has 2 atom stereocenters. The van der Waals surface area contributed by atoms with Crippen molar-refractivity contribution in [1.82, 2.24) is 9.78 Å². The standard InChI is InChI=1S/C13H23N3O/c1-9(2)16-6-5-13(15-16)14-12-7-10(3)17-11(4)8-12/h5-6,9-12H,7-8H2,1-4H3,(H,14,15). The summed E-state index contributed by atoms with van der Waals surface area (Å²) in [5.41, 5.74) is 0. The average molecular weight is 237 g/mol. The molecule has 1 aliphatic heterocycles. The fraction of sp³-hybridized carbons (Fsp3) is 0.769. The minimum atomic E-state index is 0.337. The molecule has 0 saturated carbocycles. The van der Waals surface area contributed by atoms with Crippen molar-refractivity contribution in [3.05, 3.63) is 12.3 Å². The number of nitrogens with zero attached hydrogens (tertiary/aromatic N) is 2. The molecular formula is C13H23N3O. The number of hydrogen-bond donors (Lipinski definition) is 1. The number of rotatable bonds is 3. The van der Waals surface area contributed by atoms with Crippen LogP contribution in [0.4, 0.5) is 5.82 Å². The van der Waals surface area contributed by atoms with Gasteiger partial charge in [0.15, 0.2) is 0 Å². The SMILES string of the molecule is CC1CC(Nc2ccn(C(C)C)n2)CC(C)O1. The van der Waals surface area contributed by atoms with E-state index in [2.05, 4.69) is 38.1 Å². The Morgan fingerprint density at radius 2 is 2.00 bits per heavy atom. The molecule has 4 nitrogen and oxygen atoms in total. The van der Waals surface area contributed by atoms with Crippen molar-refractivity contribution in [3.63, 3.8) is 0 Å². The lowest BCUT2D eigenvalue weighted by molar-refractivity contribution is -0.0338. The highest BCUT2D eigenvalue weighted by Gasteiger charge is 2.24. The second-order valence-corrected chi connectivity index (χ2v) is 5.34. The normalized spacial score (nSPS) is 29.6. The van der Waals surface area contributed by atoms with Gasteiger partial charge in [-0.3, -0.25) is 4.68 Å². The lowest BCUT2D eigenvalue weighted by atomic mass is 10.00. The number of nitrogens with one attached hydrogen (secondary N) is 1. The number of hydrogen-bond acceptors (Lipinski definition) is 3. The Balaban J connectivity index is 1.95. The lowest BCUT2D eigenvalue weighted by Gasteiger charge is -2.32. The summed E-state index contributed by atoms with van der Waals surface area (Å²) in [6.07, 6.45) is 4.81. The van der Waals surface area contributed by atoms with Gasteiger partial charge in [0.1, 0.15) is 5.82 Å². The third kappa shape index (κ3) is 3.22. The average Bonchev–Trinajstić information content (AvgIpc) is 2.64. The Labute approximate surface area is 103 Å². The van der Waals surface area contributed by atoms with Gasteiger partial charge >= 0.3 is 0 Å². The van der Waals surface area contributed by atoms with Gasteiger partial charge in [0.25, 0.3) is 0 Å².